The first-order valence-corrected chi connectivity index (χ1v) is 7.09. The van der Waals surface area contributed by atoms with Crippen LogP contribution in [-0.4, -0.2) is 54.4 Å². The van der Waals surface area contributed by atoms with Gasteiger partial charge in [-0.1, -0.05) is 0 Å². The van der Waals surface area contributed by atoms with Crippen molar-refractivity contribution in [1.29, 1.82) is 0 Å². The summed E-state index contributed by atoms with van der Waals surface area (Å²) in [6.07, 6.45) is 2.15. The molecule has 0 bridgehead atoms. The first-order chi connectivity index (χ1) is 8.56. The third-order valence-corrected chi connectivity index (χ3v) is 3.94. The Morgan fingerprint density at radius 1 is 1.56 bits per heavy atom. The van der Waals surface area contributed by atoms with Crippen molar-refractivity contribution < 1.29 is 4.79 Å². The van der Waals surface area contributed by atoms with Crippen LogP contribution in [0.2, 0.25) is 0 Å². The molecule has 1 amide bonds. The number of hydrogen-bond donors (Lipinski definition) is 1. The van der Waals surface area contributed by atoms with Crippen LogP contribution < -0.4 is 5.73 Å². The van der Waals surface area contributed by atoms with Gasteiger partial charge in [0.1, 0.15) is 5.69 Å². The number of thiazole rings is 1. The number of aromatic nitrogens is 1. The van der Waals surface area contributed by atoms with Gasteiger partial charge in [-0.3, -0.25) is 4.79 Å². The average molecular weight is 268 g/mol. The van der Waals surface area contributed by atoms with E-state index in [-0.39, 0.29) is 5.91 Å². The van der Waals surface area contributed by atoms with E-state index in [1.54, 1.807) is 5.38 Å². The van der Waals surface area contributed by atoms with Crippen molar-refractivity contribution in [3.05, 3.63) is 11.1 Å². The van der Waals surface area contributed by atoms with Crippen LogP contribution >= 0.6 is 11.3 Å². The van der Waals surface area contributed by atoms with Crippen LogP contribution in [0.4, 0.5) is 5.13 Å². The highest BCUT2D eigenvalue weighted by atomic mass is 32.1. The van der Waals surface area contributed by atoms with Crippen molar-refractivity contribution in [3.8, 4) is 0 Å². The quantitative estimate of drug-likeness (QED) is 0.893. The number of hydrogen-bond acceptors (Lipinski definition) is 5. The van der Waals surface area contributed by atoms with E-state index in [9.17, 15) is 4.79 Å². The maximum Gasteiger partial charge on any atom is 0.273 e. The Kier molecular flexibility index (Phi) is 4.19. The largest absolute Gasteiger partial charge is 0.375 e. The summed E-state index contributed by atoms with van der Waals surface area (Å²) in [5.41, 5.74) is 6.04. The Balaban J connectivity index is 1.88. The fourth-order valence-corrected chi connectivity index (χ4v) is 2.92. The van der Waals surface area contributed by atoms with Crippen molar-refractivity contribution >= 4 is 22.4 Å². The highest BCUT2D eigenvalue weighted by Gasteiger charge is 2.25. The zero-order valence-corrected chi connectivity index (χ0v) is 11.7. The third-order valence-electron chi connectivity index (χ3n) is 3.27. The van der Waals surface area contributed by atoms with Crippen LogP contribution in [0.1, 0.15) is 23.3 Å². The first-order valence-electron chi connectivity index (χ1n) is 6.21. The van der Waals surface area contributed by atoms with Gasteiger partial charge in [-0.25, -0.2) is 4.98 Å². The Labute approximate surface area is 112 Å². The van der Waals surface area contributed by atoms with Gasteiger partial charge in [-0.05, 0) is 32.9 Å². The summed E-state index contributed by atoms with van der Waals surface area (Å²) in [5, 5.41) is 2.20. The van der Waals surface area contributed by atoms with Gasteiger partial charge < -0.3 is 15.5 Å². The lowest BCUT2D eigenvalue weighted by Crippen LogP contribution is -2.40. The lowest BCUT2D eigenvalue weighted by molar-refractivity contribution is 0.0673. The highest BCUT2D eigenvalue weighted by Crippen LogP contribution is 2.20. The molecular formula is C12H20N4OS. The van der Waals surface area contributed by atoms with E-state index in [0.717, 1.165) is 32.5 Å². The summed E-state index contributed by atoms with van der Waals surface area (Å²) in [6.45, 7) is 2.76. The minimum atomic E-state index is 0.0197. The van der Waals surface area contributed by atoms with Gasteiger partial charge in [0.25, 0.3) is 5.91 Å². The van der Waals surface area contributed by atoms with Crippen LogP contribution in [0, 0.1) is 5.92 Å². The fraction of sp³-hybridized carbons (Fsp3) is 0.667. The number of amides is 1. The number of rotatable bonds is 3. The van der Waals surface area contributed by atoms with Crippen molar-refractivity contribution in [2.75, 3.05) is 39.5 Å². The van der Waals surface area contributed by atoms with E-state index in [4.69, 9.17) is 5.73 Å². The predicted octanol–water partition coefficient (Wildman–Crippen LogP) is 1.14. The molecule has 2 rings (SSSR count). The summed E-state index contributed by atoms with van der Waals surface area (Å²) >= 11 is 1.32. The van der Waals surface area contributed by atoms with Gasteiger partial charge in [0.2, 0.25) is 0 Å². The topological polar surface area (TPSA) is 62.5 Å². The standard InChI is InChI=1S/C12H20N4OS/c1-15(2)7-9-3-5-16(6-4-9)11(17)10-8-18-12(13)14-10/h8-9H,3-7H2,1-2H3,(H2,13,14). The van der Waals surface area contributed by atoms with Gasteiger partial charge in [0.05, 0.1) is 0 Å². The second-order valence-electron chi connectivity index (χ2n) is 5.07. The van der Waals surface area contributed by atoms with Crippen molar-refractivity contribution in [2.45, 2.75) is 12.8 Å². The van der Waals surface area contributed by atoms with Crippen molar-refractivity contribution in [1.82, 2.24) is 14.8 Å². The third kappa shape index (κ3) is 3.20. The monoisotopic (exact) mass is 268 g/mol. The first kappa shape index (κ1) is 13.3. The number of nitrogens with two attached hydrogens (primary N) is 1. The van der Waals surface area contributed by atoms with E-state index in [0.29, 0.717) is 16.7 Å². The van der Waals surface area contributed by atoms with Crippen molar-refractivity contribution in [3.63, 3.8) is 0 Å². The molecule has 1 aromatic heterocycles. The lowest BCUT2D eigenvalue weighted by atomic mass is 9.96. The molecule has 0 spiro atoms. The molecule has 2 heterocycles. The van der Waals surface area contributed by atoms with Crippen LogP contribution in [-0.2, 0) is 0 Å². The lowest BCUT2D eigenvalue weighted by Gasteiger charge is -2.32. The number of anilines is 1. The molecular weight excluding hydrogens is 248 g/mol. The molecule has 1 aromatic rings. The maximum absolute atomic E-state index is 12.1. The number of likely N-dealkylation sites (tertiary alicyclic amines) is 1. The molecule has 6 heteroatoms. The SMILES string of the molecule is CN(C)CC1CCN(C(=O)c2csc(N)n2)CC1. The maximum atomic E-state index is 12.1. The Morgan fingerprint density at radius 2 is 2.22 bits per heavy atom. The van der Waals surface area contributed by atoms with Crippen molar-refractivity contribution in [2.24, 2.45) is 5.92 Å². The second kappa shape index (κ2) is 5.67. The highest BCUT2D eigenvalue weighted by molar-refractivity contribution is 7.13. The predicted molar refractivity (Wildman–Crippen MR) is 73.7 cm³/mol. The summed E-state index contributed by atoms with van der Waals surface area (Å²) in [6, 6.07) is 0. The van der Waals surface area contributed by atoms with E-state index >= 15 is 0 Å². The number of nitrogen functional groups attached to an aromatic ring is 1. The van der Waals surface area contributed by atoms with E-state index in [1.807, 2.05) is 4.90 Å². The molecule has 0 aliphatic carbocycles. The molecule has 0 unspecified atom stereocenters. The summed E-state index contributed by atoms with van der Waals surface area (Å²) in [7, 11) is 4.19. The summed E-state index contributed by atoms with van der Waals surface area (Å²) < 4.78 is 0. The number of piperidine rings is 1. The molecule has 1 aliphatic heterocycles. The Hall–Kier alpha value is -1.14. The number of carbonyl (C=O) groups is 1. The minimum Gasteiger partial charge on any atom is -0.375 e. The molecule has 0 radical (unpaired) electrons. The molecule has 100 valence electrons. The summed E-state index contributed by atoms with van der Waals surface area (Å²) in [5.74, 6) is 0.718. The molecule has 0 atom stereocenters. The summed E-state index contributed by atoms with van der Waals surface area (Å²) in [4.78, 5) is 20.3. The van der Waals surface area contributed by atoms with Crippen LogP contribution in [0.25, 0.3) is 0 Å². The molecule has 0 saturated carbocycles. The zero-order chi connectivity index (χ0) is 13.1. The van der Waals surface area contributed by atoms with E-state index in [1.165, 1.54) is 11.3 Å². The molecule has 1 saturated heterocycles. The van der Waals surface area contributed by atoms with Crippen LogP contribution in [0.3, 0.4) is 0 Å². The molecule has 0 aromatic carbocycles. The Morgan fingerprint density at radius 3 is 2.72 bits per heavy atom. The fourth-order valence-electron chi connectivity index (χ4n) is 2.38. The molecule has 5 nitrogen and oxygen atoms in total. The second-order valence-corrected chi connectivity index (χ2v) is 5.96. The van der Waals surface area contributed by atoms with Crippen LogP contribution in [0.15, 0.2) is 5.38 Å². The van der Waals surface area contributed by atoms with E-state index in [2.05, 4.69) is 24.0 Å². The van der Waals surface area contributed by atoms with Gasteiger partial charge in [0, 0.05) is 25.0 Å². The molecule has 1 aliphatic rings. The average Bonchev–Trinajstić information content (AvgIpc) is 2.75. The molecule has 2 N–H and O–H groups in total. The van der Waals surface area contributed by atoms with Crippen LogP contribution in [0.5, 0.6) is 0 Å². The van der Waals surface area contributed by atoms with Gasteiger partial charge in [-0.2, -0.15) is 0 Å². The smallest absolute Gasteiger partial charge is 0.273 e. The Bertz CT molecular complexity index is 410. The van der Waals surface area contributed by atoms with Gasteiger partial charge >= 0.3 is 0 Å². The van der Waals surface area contributed by atoms with Gasteiger partial charge in [-0.15, -0.1) is 11.3 Å². The minimum absolute atomic E-state index is 0.0197. The zero-order valence-electron chi connectivity index (χ0n) is 10.9. The molecule has 18 heavy (non-hydrogen) atoms. The molecule has 1 fully saturated rings. The number of nitrogens with zero attached hydrogens (tertiary/aromatic N) is 3. The number of carbonyl (C=O) groups excluding carboxylic acids is 1. The normalized spacial score (nSPS) is 17.4. The van der Waals surface area contributed by atoms with E-state index < -0.39 is 0 Å². The van der Waals surface area contributed by atoms with Gasteiger partial charge in [0.15, 0.2) is 5.13 Å².